The fourth-order valence-electron chi connectivity index (χ4n) is 2.64. The first kappa shape index (κ1) is 15.5. The van der Waals surface area contributed by atoms with Crippen molar-refractivity contribution in [2.75, 3.05) is 19.6 Å². The third-order valence-corrected chi connectivity index (χ3v) is 4.08. The van der Waals surface area contributed by atoms with Gasteiger partial charge in [0.05, 0.1) is 6.54 Å². The maximum atomic E-state index is 12.4. The third kappa shape index (κ3) is 3.22. The van der Waals surface area contributed by atoms with Gasteiger partial charge >= 0.3 is 0 Å². The Balaban J connectivity index is 2.09. The van der Waals surface area contributed by atoms with Gasteiger partial charge in [0, 0.05) is 13.0 Å². The number of likely N-dealkylation sites (tertiary alicyclic amines) is 1. The highest BCUT2D eigenvalue weighted by atomic mass is 16.2. The fourth-order valence-corrected chi connectivity index (χ4v) is 2.64. The van der Waals surface area contributed by atoms with Gasteiger partial charge in [-0.25, -0.2) is 0 Å². The van der Waals surface area contributed by atoms with Gasteiger partial charge in [0.1, 0.15) is 12.1 Å². The minimum Gasteiger partial charge on any atom is -0.333 e. The van der Waals surface area contributed by atoms with E-state index in [2.05, 4.69) is 5.32 Å². The van der Waals surface area contributed by atoms with Gasteiger partial charge in [0.15, 0.2) is 0 Å². The monoisotopic (exact) mass is 295 g/mol. The number of imide groups is 1. The molecular formula is C14H21N3O4. The predicted octanol–water partition coefficient (Wildman–Crippen LogP) is -0.347. The second-order valence-electron chi connectivity index (χ2n) is 6.04. The molecule has 0 radical (unpaired) electrons. The Morgan fingerprint density at radius 1 is 1.19 bits per heavy atom. The summed E-state index contributed by atoms with van der Waals surface area (Å²) in [5, 5.41) is 2.22. The highest BCUT2D eigenvalue weighted by molar-refractivity contribution is 6.06. The van der Waals surface area contributed by atoms with E-state index in [1.165, 1.54) is 9.80 Å². The van der Waals surface area contributed by atoms with Gasteiger partial charge in [-0.05, 0) is 26.7 Å². The molecule has 0 aromatic carbocycles. The molecule has 2 aliphatic heterocycles. The zero-order chi connectivity index (χ0) is 15.6. The zero-order valence-corrected chi connectivity index (χ0v) is 12.5. The van der Waals surface area contributed by atoms with Crippen molar-refractivity contribution in [3.63, 3.8) is 0 Å². The van der Waals surface area contributed by atoms with Crippen LogP contribution in [0.1, 0.15) is 39.5 Å². The molecule has 0 bridgehead atoms. The Morgan fingerprint density at radius 3 is 2.62 bits per heavy atom. The molecular weight excluding hydrogens is 274 g/mol. The molecule has 0 spiro atoms. The lowest BCUT2D eigenvalue weighted by atomic mass is 9.98. The quantitative estimate of drug-likeness (QED) is 0.706. The van der Waals surface area contributed by atoms with E-state index in [4.69, 9.17) is 0 Å². The van der Waals surface area contributed by atoms with Gasteiger partial charge in [0.2, 0.25) is 17.7 Å². The molecule has 7 nitrogen and oxygen atoms in total. The number of nitrogens with zero attached hydrogens (tertiary/aromatic N) is 2. The number of piperazine rings is 1. The number of carbonyl (C=O) groups is 4. The minimum absolute atomic E-state index is 0.0357. The van der Waals surface area contributed by atoms with Crippen LogP contribution in [0.5, 0.6) is 0 Å². The topological polar surface area (TPSA) is 86.8 Å². The van der Waals surface area contributed by atoms with E-state index in [0.717, 1.165) is 19.3 Å². The highest BCUT2D eigenvalue weighted by Crippen LogP contribution is 2.19. The summed E-state index contributed by atoms with van der Waals surface area (Å²) in [4.78, 5) is 50.5. The number of hydrogen-bond acceptors (Lipinski definition) is 4. The van der Waals surface area contributed by atoms with Crippen LogP contribution in [0.15, 0.2) is 0 Å². The summed E-state index contributed by atoms with van der Waals surface area (Å²) in [6, 6.07) is 0. The first-order valence-corrected chi connectivity index (χ1v) is 7.25. The summed E-state index contributed by atoms with van der Waals surface area (Å²) in [5.41, 5.74) is -1.08. The molecule has 2 saturated heterocycles. The number of carbonyl (C=O) groups excluding carboxylic acids is 4. The summed E-state index contributed by atoms with van der Waals surface area (Å²) < 4.78 is 0. The number of hydrogen-bond donors (Lipinski definition) is 1. The van der Waals surface area contributed by atoms with Crippen LogP contribution >= 0.6 is 0 Å². The lowest BCUT2D eigenvalue weighted by Crippen LogP contribution is -2.66. The van der Waals surface area contributed by atoms with Crippen molar-refractivity contribution in [2.45, 2.75) is 45.1 Å². The van der Waals surface area contributed by atoms with E-state index in [1.54, 1.807) is 13.8 Å². The molecule has 116 valence electrons. The van der Waals surface area contributed by atoms with Crippen molar-refractivity contribution in [3.8, 4) is 0 Å². The lowest BCUT2D eigenvalue weighted by Gasteiger charge is -2.40. The van der Waals surface area contributed by atoms with Gasteiger partial charge < -0.3 is 9.80 Å². The van der Waals surface area contributed by atoms with Crippen molar-refractivity contribution in [1.82, 2.24) is 15.1 Å². The Hall–Kier alpha value is -1.92. The predicted molar refractivity (Wildman–Crippen MR) is 74.0 cm³/mol. The molecule has 0 aromatic heterocycles. The molecule has 7 heteroatoms. The largest absolute Gasteiger partial charge is 0.333 e. The van der Waals surface area contributed by atoms with E-state index in [-0.39, 0.29) is 24.9 Å². The van der Waals surface area contributed by atoms with Crippen molar-refractivity contribution < 1.29 is 19.2 Å². The van der Waals surface area contributed by atoms with Gasteiger partial charge in [-0.2, -0.15) is 0 Å². The highest BCUT2D eigenvalue weighted by Gasteiger charge is 2.43. The maximum Gasteiger partial charge on any atom is 0.252 e. The van der Waals surface area contributed by atoms with E-state index in [9.17, 15) is 19.2 Å². The van der Waals surface area contributed by atoms with Gasteiger partial charge in [-0.1, -0.05) is 6.42 Å². The molecule has 0 atom stereocenters. The van der Waals surface area contributed by atoms with E-state index in [1.807, 2.05) is 0 Å². The van der Waals surface area contributed by atoms with Crippen molar-refractivity contribution >= 4 is 23.6 Å². The van der Waals surface area contributed by atoms with Crippen LogP contribution in [-0.4, -0.2) is 58.6 Å². The van der Waals surface area contributed by atoms with Crippen LogP contribution in [0, 0.1) is 0 Å². The molecule has 1 N–H and O–H groups in total. The number of rotatable bonds is 2. The molecule has 0 aromatic rings. The molecule has 2 fully saturated rings. The second-order valence-corrected chi connectivity index (χ2v) is 6.04. The van der Waals surface area contributed by atoms with Crippen LogP contribution < -0.4 is 5.32 Å². The zero-order valence-electron chi connectivity index (χ0n) is 12.5. The average Bonchev–Trinajstić information content (AvgIpc) is 2.59. The smallest absolute Gasteiger partial charge is 0.252 e. The molecule has 0 saturated carbocycles. The molecule has 2 rings (SSSR count). The first-order valence-electron chi connectivity index (χ1n) is 7.25. The average molecular weight is 295 g/mol. The standard InChI is InChI=1S/C14H21N3O4/c1-14(2)13(21)15-10(18)8-17(14)12(20)9-16-7-5-3-4-6-11(16)19/h3-9H2,1-2H3,(H,15,18,21). The van der Waals surface area contributed by atoms with Gasteiger partial charge in [-0.15, -0.1) is 0 Å². The van der Waals surface area contributed by atoms with Crippen molar-refractivity contribution in [2.24, 2.45) is 0 Å². The van der Waals surface area contributed by atoms with Crippen LogP contribution in [0.3, 0.4) is 0 Å². The second kappa shape index (κ2) is 5.83. The Bertz CT molecular complexity index is 487. The van der Waals surface area contributed by atoms with Crippen LogP contribution in [0.25, 0.3) is 0 Å². The molecule has 4 amide bonds. The van der Waals surface area contributed by atoms with E-state index < -0.39 is 17.4 Å². The Morgan fingerprint density at radius 2 is 1.90 bits per heavy atom. The third-order valence-electron chi connectivity index (χ3n) is 4.08. The molecule has 2 heterocycles. The van der Waals surface area contributed by atoms with Crippen LogP contribution in [0.2, 0.25) is 0 Å². The van der Waals surface area contributed by atoms with Gasteiger partial charge in [-0.3, -0.25) is 24.5 Å². The normalized spacial score (nSPS) is 22.9. The fraction of sp³-hybridized carbons (Fsp3) is 0.714. The number of nitrogens with one attached hydrogen (secondary N) is 1. The molecule has 0 unspecified atom stereocenters. The van der Waals surface area contributed by atoms with Crippen molar-refractivity contribution in [3.05, 3.63) is 0 Å². The number of amides is 4. The Labute approximate surface area is 123 Å². The summed E-state index contributed by atoms with van der Waals surface area (Å²) >= 11 is 0. The van der Waals surface area contributed by atoms with E-state index in [0.29, 0.717) is 13.0 Å². The van der Waals surface area contributed by atoms with Crippen LogP contribution in [0.4, 0.5) is 0 Å². The van der Waals surface area contributed by atoms with Crippen molar-refractivity contribution in [1.29, 1.82) is 0 Å². The molecule has 2 aliphatic rings. The first-order chi connectivity index (χ1) is 9.82. The summed E-state index contributed by atoms with van der Waals surface area (Å²) in [6.45, 7) is 3.52. The summed E-state index contributed by atoms with van der Waals surface area (Å²) in [7, 11) is 0. The van der Waals surface area contributed by atoms with Crippen LogP contribution in [-0.2, 0) is 19.2 Å². The summed E-state index contributed by atoms with van der Waals surface area (Å²) in [6.07, 6.45) is 3.16. The Kier molecular flexibility index (Phi) is 4.29. The van der Waals surface area contributed by atoms with Gasteiger partial charge in [0.25, 0.3) is 5.91 Å². The lowest BCUT2D eigenvalue weighted by molar-refractivity contribution is -0.156. The summed E-state index contributed by atoms with van der Waals surface area (Å²) in [5.74, 6) is -1.38. The SMILES string of the molecule is CC1(C)C(=O)NC(=O)CN1C(=O)CN1CCCCCC1=O. The minimum atomic E-state index is -1.08. The maximum absolute atomic E-state index is 12.4. The molecule has 0 aliphatic carbocycles. The van der Waals surface area contributed by atoms with E-state index >= 15 is 0 Å². The molecule has 21 heavy (non-hydrogen) atoms.